The fourth-order valence-electron chi connectivity index (χ4n) is 7.84. The molecule has 2 N–H and O–H groups in total. The van der Waals surface area contributed by atoms with Gasteiger partial charge in [-0.1, -0.05) is 0 Å². The molecule has 2 aromatic carbocycles. The highest BCUT2D eigenvalue weighted by Gasteiger charge is 2.45. The van der Waals surface area contributed by atoms with E-state index in [9.17, 15) is 37.1 Å². The van der Waals surface area contributed by atoms with Crippen molar-refractivity contribution in [1.82, 2.24) is 15.1 Å². The summed E-state index contributed by atoms with van der Waals surface area (Å²) in [5.74, 6) is -1.58. The zero-order valence-corrected chi connectivity index (χ0v) is 27.0. The van der Waals surface area contributed by atoms with E-state index in [1.54, 1.807) is 18.2 Å². The van der Waals surface area contributed by atoms with Crippen molar-refractivity contribution in [3.05, 3.63) is 52.6 Å². The van der Waals surface area contributed by atoms with Crippen molar-refractivity contribution in [2.45, 2.75) is 55.3 Å². The molecule has 0 bridgehead atoms. The van der Waals surface area contributed by atoms with Crippen LogP contribution in [0.2, 0.25) is 0 Å². The van der Waals surface area contributed by atoms with Crippen LogP contribution >= 0.6 is 0 Å². The number of carbonyl (C=O) groups is 4. The monoisotopic (exact) mass is 667 g/mol. The molecule has 0 spiro atoms. The van der Waals surface area contributed by atoms with Crippen LogP contribution in [0.15, 0.2) is 35.2 Å². The van der Waals surface area contributed by atoms with Gasteiger partial charge in [0.2, 0.25) is 11.8 Å². The van der Waals surface area contributed by atoms with Crippen LogP contribution in [0.3, 0.4) is 0 Å². The molecule has 1 aliphatic carbocycles. The average Bonchev–Trinajstić information content (AvgIpc) is 3.48. The number of imide groups is 2. The summed E-state index contributed by atoms with van der Waals surface area (Å²) < 4.78 is 39.2. The highest BCUT2D eigenvalue weighted by molar-refractivity contribution is 7.90. The molecular formula is C33H38FN5O7S. The van der Waals surface area contributed by atoms with Crippen LogP contribution in [-0.4, -0.2) is 111 Å². The molecule has 14 heteroatoms. The molecule has 250 valence electrons. The smallest absolute Gasteiger partial charge is 0.262 e. The number of halogens is 1. The lowest BCUT2D eigenvalue weighted by Gasteiger charge is -2.40. The number of rotatable bonds is 6. The predicted octanol–water partition coefficient (Wildman–Crippen LogP) is 1.46. The summed E-state index contributed by atoms with van der Waals surface area (Å²) in [7, 11) is -3.60. The Kier molecular flexibility index (Phi) is 8.08. The van der Waals surface area contributed by atoms with Gasteiger partial charge in [0.15, 0.2) is 9.84 Å². The molecule has 2 aromatic rings. The number of piperidine rings is 2. The predicted molar refractivity (Wildman–Crippen MR) is 170 cm³/mol. The van der Waals surface area contributed by atoms with E-state index in [-0.39, 0.29) is 40.8 Å². The Bertz CT molecular complexity index is 1770. The topological polar surface area (TPSA) is 148 Å². The lowest BCUT2D eigenvalue weighted by molar-refractivity contribution is -0.136. The van der Waals surface area contributed by atoms with Gasteiger partial charge in [0, 0.05) is 81.8 Å². The lowest BCUT2D eigenvalue weighted by Crippen LogP contribution is -2.54. The number of aliphatic hydroxyl groups excluding tert-OH is 1. The summed E-state index contributed by atoms with van der Waals surface area (Å²) >= 11 is 0. The van der Waals surface area contributed by atoms with Crippen LogP contribution in [0.1, 0.15) is 63.6 Å². The third-order valence-corrected chi connectivity index (χ3v) is 11.5. The number of piperazine rings is 1. The molecule has 12 nitrogen and oxygen atoms in total. The molecule has 0 radical (unpaired) electrons. The number of sulfone groups is 1. The van der Waals surface area contributed by atoms with E-state index >= 15 is 0 Å². The number of nitrogens with one attached hydrogen (secondary N) is 1. The van der Waals surface area contributed by atoms with E-state index < -0.39 is 51.8 Å². The number of alkyl halides is 1. The Hall–Kier alpha value is -3.88. The van der Waals surface area contributed by atoms with Gasteiger partial charge in [0.1, 0.15) is 18.3 Å². The molecule has 3 atom stereocenters. The average molecular weight is 668 g/mol. The summed E-state index contributed by atoms with van der Waals surface area (Å²) in [5, 5.41) is 12.7. The number of hydrogen-bond donors (Lipinski definition) is 2. The van der Waals surface area contributed by atoms with Crippen molar-refractivity contribution in [1.29, 1.82) is 0 Å². The van der Waals surface area contributed by atoms with Crippen molar-refractivity contribution < 1.29 is 37.1 Å². The van der Waals surface area contributed by atoms with Gasteiger partial charge >= 0.3 is 0 Å². The molecule has 4 aliphatic heterocycles. The molecule has 47 heavy (non-hydrogen) atoms. The quantitative estimate of drug-likeness (QED) is 0.434. The first kappa shape index (κ1) is 31.7. The van der Waals surface area contributed by atoms with Gasteiger partial charge in [-0.25, -0.2) is 12.8 Å². The van der Waals surface area contributed by atoms with Crippen LogP contribution in [-0.2, 0) is 25.8 Å². The minimum absolute atomic E-state index is 0.00613. The van der Waals surface area contributed by atoms with E-state index in [4.69, 9.17) is 0 Å². The van der Waals surface area contributed by atoms with E-state index in [0.29, 0.717) is 11.5 Å². The molecule has 4 amide bonds. The van der Waals surface area contributed by atoms with E-state index in [1.165, 1.54) is 6.07 Å². The van der Waals surface area contributed by atoms with E-state index in [0.717, 1.165) is 81.2 Å². The van der Waals surface area contributed by atoms with Gasteiger partial charge in [0.05, 0.1) is 16.0 Å². The Morgan fingerprint density at radius 1 is 0.894 bits per heavy atom. The van der Waals surface area contributed by atoms with Gasteiger partial charge in [-0.2, -0.15) is 0 Å². The first-order valence-corrected chi connectivity index (χ1v) is 18.1. The van der Waals surface area contributed by atoms with E-state index in [2.05, 4.69) is 20.0 Å². The van der Waals surface area contributed by atoms with E-state index in [1.807, 2.05) is 6.07 Å². The van der Waals surface area contributed by atoms with Crippen LogP contribution in [0, 0.1) is 5.92 Å². The third kappa shape index (κ3) is 5.69. The highest BCUT2D eigenvalue weighted by Crippen LogP contribution is 2.43. The third-order valence-electron chi connectivity index (χ3n) is 10.4. The maximum absolute atomic E-state index is 14.6. The number of benzene rings is 2. The van der Waals surface area contributed by atoms with Crippen molar-refractivity contribution in [3.8, 4) is 0 Å². The summed E-state index contributed by atoms with van der Waals surface area (Å²) in [6.45, 7) is 5.65. The first-order valence-electron chi connectivity index (χ1n) is 16.2. The van der Waals surface area contributed by atoms with Gasteiger partial charge in [-0.05, 0) is 61.1 Å². The Labute approximate surface area is 272 Å². The number of amides is 4. The van der Waals surface area contributed by atoms with Gasteiger partial charge in [-0.3, -0.25) is 34.3 Å². The van der Waals surface area contributed by atoms with Crippen molar-refractivity contribution in [2.24, 2.45) is 5.92 Å². The standard InChI is InChI=1S/C33H38FN5O7S/c1-47(45,46)27-6-4-25(23-17-24(34)30(41)29(23)27)38-10-8-19(9-11-38)18-36-12-14-37(15-13-36)20-2-3-21-22(16-20)33(44)39(32(21)43)26-5-7-28(40)35-31(26)42/h2-4,6,16,19,24,26,30,41H,5,7-15,17-18H2,1H3,(H,35,40,42)/t24-,26?,30+/m0/s1. The zero-order chi connectivity index (χ0) is 33.2. The first-order chi connectivity index (χ1) is 22.4. The Morgan fingerprint density at radius 3 is 2.28 bits per heavy atom. The SMILES string of the molecule is CS(=O)(=O)c1ccc(N2CCC(CN3CCN(c4ccc5c(c4)C(=O)N(C4CCC(=O)NC4=O)C5=O)CC3)CC2)c2c1[C@H](O)[C@@H](F)C2. The fourth-order valence-corrected chi connectivity index (χ4v) is 8.80. The number of aliphatic hydroxyl groups is 1. The second-order valence-corrected chi connectivity index (χ2v) is 15.3. The number of nitrogens with zero attached hydrogens (tertiary/aromatic N) is 4. The van der Waals surface area contributed by atoms with Crippen molar-refractivity contribution in [3.63, 3.8) is 0 Å². The van der Waals surface area contributed by atoms with Crippen LogP contribution < -0.4 is 15.1 Å². The molecule has 3 saturated heterocycles. The Morgan fingerprint density at radius 2 is 1.60 bits per heavy atom. The zero-order valence-electron chi connectivity index (χ0n) is 26.2. The largest absolute Gasteiger partial charge is 0.385 e. The maximum atomic E-state index is 14.6. The molecule has 5 aliphatic rings. The maximum Gasteiger partial charge on any atom is 0.262 e. The molecule has 4 heterocycles. The number of hydrogen-bond acceptors (Lipinski definition) is 10. The number of anilines is 2. The normalized spacial score (nSPS) is 25.8. The molecule has 0 saturated carbocycles. The van der Waals surface area contributed by atoms with Crippen molar-refractivity contribution >= 4 is 44.8 Å². The second kappa shape index (κ2) is 12.0. The minimum atomic E-state index is -3.60. The molecule has 7 rings (SSSR count). The minimum Gasteiger partial charge on any atom is -0.385 e. The molecule has 0 aromatic heterocycles. The van der Waals surface area contributed by atoms with Gasteiger partial charge < -0.3 is 14.9 Å². The highest BCUT2D eigenvalue weighted by atomic mass is 32.2. The summed E-state index contributed by atoms with van der Waals surface area (Å²) in [4.78, 5) is 58.0. The van der Waals surface area contributed by atoms with Crippen LogP contribution in [0.5, 0.6) is 0 Å². The van der Waals surface area contributed by atoms with Crippen molar-refractivity contribution in [2.75, 3.05) is 61.9 Å². The summed E-state index contributed by atoms with van der Waals surface area (Å²) in [6.07, 6.45) is 0.213. The lowest BCUT2D eigenvalue weighted by atomic mass is 9.94. The van der Waals surface area contributed by atoms with Crippen LogP contribution in [0.4, 0.5) is 15.8 Å². The van der Waals surface area contributed by atoms with Gasteiger partial charge in [-0.15, -0.1) is 0 Å². The molecule has 1 unspecified atom stereocenters. The summed E-state index contributed by atoms with van der Waals surface area (Å²) in [6, 6.07) is 7.49. The molecule has 3 fully saturated rings. The molecular weight excluding hydrogens is 629 g/mol. The van der Waals surface area contributed by atoms with Gasteiger partial charge in [0.25, 0.3) is 11.8 Å². The number of fused-ring (bicyclic) bond motifs is 2. The van der Waals surface area contributed by atoms with Crippen LogP contribution in [0.25, 0.3) is 0 Å². The number of carbonyl (C=O) groups excluding carboxylic acids is 4. The summed E-state index contributed by atoms with van der Waals surface area (Å²) in [5.41, 5.74) is 3.02. The second-order valence-electron chi connectivity index (χ2n) is 13.3. The Balaban J connectivity index is 0.942. The fraction of sp³-hybridized carbons (Fsp3) is 0.515.